The number of methoxy groups -OCH3 is 1. The largest absolute Gasteiger partial charge is 0.494 e. The van der Waals surface area contributed by atoms with Gasteiger partial charge < -0.3 is 15.8 Å². The molecule has 1 amide bonds. The third-order valence-electron chi connectivity index (χ3n) is 2.32. The zero-order chi connectivity index (χ0) is 13.1. The minimum atomic E-state index is -0.609. The molecule has 4 N–H and O–H groups in total. The Morgan fingerprint density at radius 3 is 2.89 bits per heavy atom. The highest BCUT2D eigenvalue weighted by atomic mass is 19.1. The summed E-state index contributed by atoms with van der Waals surface area (Å²) in [6.45, 7) is 0. The number of anilines is 2. The van der Waals surface area contributed by atoms with Crippen molar-refractivity contribution in [2.45, 2.75) is 0 Å². The second-order valence-corrected chi connectivity index (χ2v) is 3.50. The molecule has 2 aromatic rings. The molecule has 6 nitrogen and oxygen atoms in total. The summed E-state index contributed by atoms with van der Waals surface area (Å²) in [6.07, 6.45) is 1.37. The molecule has 0 bridgehead atoms. The summed E-state index contributed by atoms with van der Waals surface area (Å²) in [5.74, 6) is -0.751. The van der Waals surface area contributed by atoms with Crippen LogP contribution < -0.4 is 15.8 Å². The molecule has 0 atom stereocenters. The lowest BCUT2D eigenvalue weighted by atomic mass is 10.2. The molecule has 0 unspecified atom stereocenters. The zero-order valence-corrected chi connectivity index (χ0v) is 9.53. The highest BCUT2D eigenvalue weighted by Gasteiger charge is 2.12. The summed E-state index contributed by atoms with van der Waals surface area (Å²) in [6, 6.07) is 3.91. The molecule has 0 aliphatic rings. The maximum absolute atomic E-state index is 13.4. The van der Waals surface area contributed by atoms with Gasteiger partial charge in [0.1, 0.15) is 0 Å². The molecule has 0 spiro atoms. The number of amides is 1. The van der Waals surface area contributed by atoms with Gasteiger partial charge in [-0.3, -0.25) is 9.89 Å². The summed E-state index contributed by atoms with van der Waals surface area (Å²) < 4.78 is 18.2. The van der Waals surface area contributed by atoms with Crippen molar-refractivity contribution in [2.75, 3.05) is 18.2 Å². The van der Waals surface area contributed by atoms with E-state index < -0.39 is 11.7 Å². The number of rotatable bonds is 3. The molecule has 0 aliphatic carbocycles. The lowest BCUT2D eigenvalue weighted by molar-refractivity contribution is 0.102. The normalized spacial score (nSPS) is 10.1. The minimum Gasteiger partial charge on any atom is -0.494 e. The van der Waals surface area contributed by atoms with Crippen LogP contribution in [0.25, 0.3) is 0 Å². The number of nitrogens with zero attached hydrogens (tertiary/aromatic N) is 1. The highest BCUT2D eigenvalue weighted by molar-refractivity contribution is 6.05. The van der Waals surface area contributed by atoms with Crippen molar-refractivity contribution in [3.8, 4) is 5.75 Å². The van der Waals surface area contributed by atoms with Crippen molar-refractivity contribution in [2.24, 2.45) is 0 Å². The Morgan fingerprint density at radius 2 is 2.33 bits per heavy atom. The molecule has 0 saturated heterocycles. The summed E-state index contributed by atoms with van der Waals surface area (Å²) in [5, 5.41) is 8.65. The number of carbonyl (C=O) groups is 1. The van der Waals surface area contributed by atoms with E-state index in [-0.39, 0.29) is 17.1 Å². The predicted octanol–water partition coefficient (Wildman–Crippen LogP) is 1.39. The number of hydrogen-bond acceptors (Lipinski definition) is 4. The fraction of sp³-hybridized carbons (Fsp3) is 0.0909. The van der Waals surface area contributed by atoms with Gasteiger partial charge in [-0.05, 0) is 18.2 Å². The number of hydrogen-bond donors (Lipinski definition) is 3. The van der Waals surface area contributed by atoms with E-state index in [0.717, 1.165) is 6.07 Å². The smallest absolute Gasteiger partial charge is 0.256 e. The average molecular weight is 250 g/mol. The van der Waals surface area contributed by atoms with Gasteiger partial charge in [-0.25, -0.2) is 4.39 Å². The maximum atomic E-state index is 13.4. The Kier molecular flexibility index (Phi) is 3.13. The van der Waals surface area contributed by atoms with Crippen LogP contribution >= 0.6 is 0 Å². The molecular formula is C11H11FN4O2. The van der Waals surface area contributed by atoms with Crippen molar-refractivity contribution >= 4 is 17.4 Å². The molecule has 7 heteroatoms. The van der Waals surface area contributed by atoms with Crippen LogP contribution in [0.3, 0.4) is 0 Å². The monoisotopic (exact) mass is 250 g/mol. The number of benzene rings is 1. The number of halogens is 1. The molecule has 0 fully saturated rings. The Morgan fingerprint density at radius 1 is 1.56 bits per heavy atom. The zero-order valence-electron chi connectivity index (χ0n) is 9.53. The number of aromatic amines is 1. The molecule has 0 radical (unpaired) electrons. The van der Waals surface area contributed by atoms with Gasteiger partial charge >= 0.3 is 0 Å². The van der Waals surface area contributed by atoms with Crippen LogP contribution in [0.1, 0.15) is 10.4 Å². The van der Waals surface area contributed by atoms with E-state index in [1.54, 1.807) is 0 Å². The van der Waals surface area contributed by atoms with Crippen molar-refractivity contribution in [1.82, 2.24) is 10.2 Å². The van der Waals surface area contributed by atoms with Crippen molar-refractivity contribution in [3.05, 3.63) is 35.8 Å². The van der Waals surface area contributed by atoms with Crippen LogP contribution in [0.4, 0.5) is 15.9 Å². The van der Waals surface area contributed by atoms with Gasteiger partial charge in [-0.15, -0.1) is 0 Å². The van der Waals surface area contributed by atoms with E-state index in [1.165, 1.54) is 25.4 Å². The Bertz CT molecular complexity index is 582. The van der Waals surface area contributed by atoms with Crippen LogP contribution in [-0.4, -0.2) is 23.2 Å². The van der Waals surface area contributed by atoms with Gasteiger partial charge in [-0.1, -0.05) is 0 Å². The maximum Gasteiger partial charge on any atom is 0.256 e. The van der Waals surface area contributed by atoms with Crippen molar-refractivity contribution in [1.29, 1.82) is 0 Å². The fourth-order valence-corrected chi connectivity index (χ4v) is 1.39. The quantitative estimate of drug-likeness (QED) is 0.767. The van der Waals surface area contributed by atoms with Gasteiger partial charge in [0.05, 0.1) is 19.0 Å². The van der Waals surface area contributed by atoms with Crippen molar-refractivity contribution in [3.63, 3.8) is 0 Å². The summed E-state index contributed by atoms with van der Waals surface area (Å²) >= 11 is 0. The van der Waals surface area contributed by atoms with Crippen molar-refractivity contribution < 1.29 is 13.9 Å². The molecule has 1 aromatic carbocycles. The van der Waals surface area contributed by atoms with Crippen LogP contribution in [0.2, 0.25) is 0 Å². The number of nitrogens with one attached hydrogen (secondary N) is 2. The van der Waals surface area contributed by atoms with Crippen LogP contribution in [-0.2, 0) is 0 Å². The molecule has 94 valence electrons. The van der Waals surface area contributed by atoms with Gasteiger partial charge in [0, 0.05) is 5.56 Å². The standard InChI is InChI=1S/C11H11FN4O2/c1-18-9-3-2-6(4-7(9)12)11(17)15-10-8(13)5-14-16-10/h2-5H,13H2,1H3,(H2,14,15,16,17). The van der Waals surface area contributed by atoms with E-state index in [1.807, 2.05) is 0 Å². The van der Waals surface area contributed by atoms with Gasteiger partial charge in [0.25, 0.3) is 5.91 Å². The Hall–Kier alpha value is -2.57. The second-order valence-electron chi connectivity index (χ2n) is 3.50. The lowest BCUT2D eigenvalue weighted by Gasteiger charge is -2.06. The molecule has 2 rings (SSSR count). The van der Waals surface area contributed by atoms with E-state index in [2.05, 4.69) is 15.5 Å². The van der Waals surface area contributed by atoms with E-state index in [0.29, 0.717) is 5.69 Å². The first-order chi connectivity index (χ1) is 8.61. The van der Waals surface area contributed by atoms with Gasteiger partial charge in [-0.2, -0.15) is 5.10 Å². The fourth-order valence-electron chi connectivity index (χ4n) is 1.39. The van der Waals surface area contributed by atoms with Gasteiger partial charge in [0.15, 0.2) is 17.4 Å². The number of ether oxygens (including phenoxy) is 1. The Labute approximate surface area is 102 Å². The summed E-state index contributed by atoms with van der Waals surface area (Å²) in [4.78, 5) is 11.8. The van der Waals surface area contributed by atoms with E-state index >= 15 is 0 Å². The highest BCUT2D eigenvalue weighted by Crippen LogP contribution is 2.19. The molecule has 0 aliphatic heterocycles. The van der Waals surface area contributed by atoms with E-state index in [4.69, 9.17) is 10.5 Å². The average Bonchev–Trinajstić information content (AvgIpc) is 2.75. The molecule has 1 aromatic heterocycles. The minimum absolute atomic E-state index is 0.0765. The van der Waals surface area contributed by atoms with Gasteiger partial charge in [0.2, 0.25) is 0 Å². The molecule has 0 saturated carbocycles. The molecular weight excluding hydrogens is 239 g/mol. The number of H-pyrrole nitrogens is 1. The second kappa shape index (κ2) is 4.74. The van der Waals surface area contributed by atoms with E-state index in [9.17, 15) is 9.18 Å². The summed E-state index contributed by atoms with van der Waals surface area (Å²) in [7, 11) is 1.35. The lowest BCUT2D eigenvalue weighted by Crippen LogP contribution is -2.13. The number of nitrogen functional groups attached to an aromatic ring is 1. The topological polar surface area (TPSA) is 93.0 Å². The van der Waals surface area contributed by atoms with Crippen LogP contribution in [0, 0.1) is 5.82 Å². The number of aromatic nitrogens is 2. The molecule has 18 heavy (non-hydrogen) atoms. The Balaban J connectivity index is 2.19. The SMILES string of the molecule is COc1ccc(C(=O)Nc2[nH]ncc2N)cc1F. The molecule has 1 heterocycles. The first kappa shape index (κ1) is 11.9. The first-order valence-corrected chi connectivity index (χ1v) is 5.05. The van der Waals surface area contributed by atoms with Crippen LogP contribution in [0.15, 0.2) is 24.4 Å². The third-order valence-corrected chi connectivity index (χ3v) is 2.32. The third kappa shape index (κ3) is 2.24. The summed E-state index contributed by atoms with van der Waals surface area (Å²) in [5.41, 5.74) is 6.00. The van der Waals surface area contributed by atoms with Crippen LogP contribution in [0.5, 0.6) is 5.75 Å². The number of carbonyl (C=O) groups excluding carboxylic acids is 1. The predicted molar refractivity (Wildman–Crippen MR) is 63.9 cm³/mol. The number of nitrogens with two attached hydrogens (primary N) is 1. The first-order valence-electron chi connectivity index (χ1n) is 5.05.